The van der Waals surface area contributed by atoms with Gasteiger partial charge in [-0.3, -0.25) is 4.79 Å². The summed E-state index contributed by atoms with van der Waals surface area (Å²) >= 11 is 0. The van der Waals surface area contributed by atoms with E-state index >= 15 is 0 Å². The molecule has 0 aliphatic carbocycles. The first-order chi connectivity index (χ1) is 8.06. The molecule has 0 unspecified atom stereocenters. The zero-order chi connectivity index (χ0) is 12.4. The number of anilines is 1. The third-order valence-corrected chi connectivity index (χ3v) is 2.35. The molecule has 0 aromatic carbocycles. The lowest BCUT2D eigenvalue weighted by Crippen LogP contribution is -2.22. The van der Waals surface area contributed by atoms with Gasteiger partial charge in [0.05, 0.1) is 6.42 Å². The monoisotopic (exact) mass is 235 g/mol. The zero-order valence-corrected chi connectivity index (χ0v) is 9.66. The molecule has 7 heteroatoms. The van der Waals surface area contributed by atoms with Gasteiger partial charge in [-0.2, -0.15) is 0 Å². The van der Waals surface area contributed by atoms with Crippen LogP contribution in [-0.4, -0.2) is 44.5 Å². The van der Waals surface area contributed by atoms with Crippen LogP contribution in [0.2, 0.25) is 0 Å². The standard InChI is InChI=1S/C10H13N5O2/c1-7-11-8-3-4-9(13-15(8)12-7)14(2)6-5-10(16)17/h3-4H,5-6H2,1-2H3,(H,16,17). The minimum atomic E-state index is -0.825. The van der Waals surface area contributed by atoms with E-state index in [1.54, 1.807) is 31.0 Å². The van der Waals surface area contributed by atoms with Gasteiger partial charge in [-0.15, -0.1) is 14.8 Å². The normalized spacial score (nSPS) is 10.7. The van der Waals surface area contributed by atoms with Crippen molar-refractivity contribution in [1.29, 1.82) is 0 Å². The van der Waals surface area contributed by atoms with Gasteiger partial charge >= 0.3 is 5.97 Å². The smallest absolute Gasteiger partial charge is 0.305 e. The van der Waals surface area contributed by atoms with Crippen LogP contribution < -0.4 is 4.90 Å². The molecule has 0 saturated carbocycles. The maximum Gasteiger partial charge on any atom is 0.305 e. The highest BCUT2D eigenvalue weighted by molar-refractivity contribution is 5.67. The molecule has 2 rings (SSSR count). The number of hydrogen-bond acceptors (Lipinski definition) is 5. The van der Waals surface area contributed by atoms with Gasteiger partial charge in [-0.05, 0) is 19.1 Å². The Morgan fingerprint density at radius 2 is 2.24 bits per heavy atom. The van der Waals surface area contributed by atoms with E-state index in [9.17, 15) is 4.79 Å². The number of aromatic nitrogens is 4. The Balaban J connectivity index is 2.20. The Morgan fingerprint density at radius 3 is 2.94 bits per heavy atom. The van der Waals surface area contributed by atoms with E-state index < -0.39 is 5.97 Å². The number of carboxylic acid groups (broad SMARTS) is 1. The van der Waals surface area contributed by atoms with E-state index in [0.717, 1.165) is 0 Å². The van der Waals surface area contributed by atoms with Crippen molar-refractivity contribution in [3.63, 3.8) is 0 Å². The number of aliphatic carboxylic acids is 1. The van der Waals surface area contributed by atoms with Crippen molar-refractivity contribution in [1.82, 2.24) is 19.8 Å². The highest BCUT2D eigenvalue weighted by atomic mass is 16.4. The van der Waals surface area contributed by atoms with Crippen LogP contribution in [0.3, 0.4) is 0 Å². The van der Waals surface area contributed by atoms with Gasteiger partial charge in [0.25, 0.3) is 0 Å². The molecule has 0 saturated heterocycles. The Labute approximate surface area is 97.7 Å². The number of carboxylic acids is 1. The van der Waals surface area contributed by atoms with Crippen molar-refractivity contribution < 1.29 is 9.90 Å². The molecule has 7 nitrogen and oxygen atoms in total. The number of aryl methyl sites for hydroxylation is 1. The molecule has 90 valence electrons. The molecular weight excluding hydrogens is 222 g/mol. The summed E-state index contributed by atoms with van der Waals surface area (Å²) in [5.41, 5.74) is 0.679. The maximum atomic E-state index is 10.5. The van der Waals surface area contributed by atoms with Crippen LogP contribution in [0.5, 0.6) is 0 Å². The van der Waals surface area contributed by atoms with Crippen LogP contribution >= 0.6 is 0 Å². The number of rotatable bonds is 4. The third kappa shape index (κ3) is 2.49. The summed E-state index contributed by atoms with van der Waals surface area (Å²) in [7, 11) is 1.79. The third-order valence-electron chi connectivity index (χ3n) is 2.35. The van der Waals surface area contributed by atoms with Crippen molar-refractivity contribution in [2.45, 2.75) is 13.3 Å². The lowest BCUT2D eigenvalue weighted by Gasteiger charge is -2.16. The molecule has 1 N–H and O–H groups in total. The number of carbonyl (C=O) groups is 1. The molecule has 17 heavy (non-hydrogen) atoms. The van der Waals surface area contributed by atoms with Crippen molar-refractivity contribution in [2.24, 2.45) is 0 Å². The molecule has 0 amide bonds. The van der Waals surface area contributed by atoms with Crippen LogP contribution in [0.4, 0.5) is 5.82 Å². The van der Waals surface area contributed by atoms with Gasteiger partial charge in [0.15, 0.2) is 11.5 Å². The predicted molar refractivity (Wildman–Crippen MR) is 61.0 cm³/mol. The number of fused-ring (bicyclic) bond motifs is 1. The van der Waals surface area contributed by atoms with E-state index in [0.29, 0.717) is 23.8 Å². The van der Waals surface area contributed by atoms with Gasteiger partial charge in [-0.25, -0.2) is 4.98 Å². The second-order valence-electron chi connectivity index (χ2n) is 3.76. The van der Waals surface area contributed by atoms with Crippen molar-refractivity contribution >= 4 is 17.4 Å². The first-order valence-electron chi connectivity index (χ1n) is 5.20. The number of nitrogens with zero attached hydrogens (tertiary/aromatic N) is 5. The highest BCUT2D eigenvalue weighted by Gasteiger charge is 2.07. The molecule has 0 spiro atoms. The average molecular weight is 235 g/mol. The van der Waals surface area contributed by atoms with Gasteiger partial charge in [0.1, 0.15) is 5.82 Å². The second kappa shape index (κ2) is 4.36. The van der Waals surface area contributed by atoms with Crippen LogP contribution in [-0.2, 0) is 4.79 Å². The Morgan fingerprint density at radius 1 is 1.47 bits per heavy atom. The fourth-order valence-electron chi connectivity index (χ4n) is 1.46. The molecule has 2 heterocycles. The predicted octanol–water partition coefficient (Wildman–Crippen LogP) is 0.344. The van der Waals surface area contributed by atoms with Crippen LogP contribution in [0.1, 0.15) is 12.2 Å². The molecule has 2 aromatic heterocycles. The average Bonchev–Trinajstić information content (AvgIpc) is 2.64. The largest absolute Gasteiger partial charge is 0.481 e. The van der Waals surface area contributed by atoms with Crippen molar-refractivity contribution in [3.8, 4) is 0 Å². The van der Waals surface area contributed by atoms with Gasteiger partial charge in [-0.1, -0.05) is 0 Å². The first-order valence-corrected chi connectivity index (χ1v) is 5.20. The SMILES string of the molecule is Cc1nc2ccc(N(C)CCC(=O)O)nn2n1. The molecule has 2 aromatic rings. The van der Waals surface area contributed by atoms with Crippen molar-refractivity contribution in [2.75, 3.05) is 18.5 Å². The van der Waals surface area contributed by atoms with Gasteiger partial charge in [0.2, 0.25) is 0 Å². The molecule has 0 radical (unpaired) electrons. The Bertz CT molecular complexity index is 551. The molecule has 0 fully saturated rings. The summed E-state index contributed by atoms with van der Waals surface area (Å²) in [5, 5.41) is 17.0. The topological polar surface area (TPSA) is 83.6 Å². The molecule has 0 atom stereocenters. The summed E-state index contributed by atoms with van der Waals surface area (Å²) in [4.78, 5) is 16.4. The van der Waals surface area contributed by atoms with Crippen LogP contribution in [0, 0.1) is 6.92 Å². The van der Waals surface area contributed by atoms with E-state index in [-0.39, 0.29) is 6.42 Å². The first kappa shape index (κ1) is 11.3. The fourth-order valence-corrected chi connectivity index (χ4v) is 1.46. The van der Waals surface area contributed by atoms with E-state index in [4.69, 9.17) is 5.11 Å². The minimum Gasteiger partial charge on any atom is -0.481 e. The minimum absolute atomic E-state index is 0.0760. The quantitative estimate of drug-likeness (QED) is 0.822. The summed E-state index contributed by atoms with van der Waals surface area (Å²) in [6.07, 6.45) is 0.0760. The highest BCUT2D eigenvalue weighted by Crippen LogP contribution is 2.09. The lowest BCUT2D eigenvalue weighted by atomic mass is 10.4. The van der Waals surface area contributed by atoms with E-state index in [1.807, 2.05) is 0 Å². The summed E-state index contributed by atoms with van der Waals surface area (Å²) in [6, 6.07) is 3.60. The lowest BCUT2D eigenvalue weighted by molar-refractivity contribution is -0.136. The van der Waals surface area contributed by atoms with E-state index in [2.05, 4.69) is 15.2 Å². The second-order valence-corrected chi connectivity index (χ2v) is 3.76. The van der Waals surface area contributed by atoms with E-state index in [1.165, 1.54) is 4.63 Å². The summed E-state index contributed by atoms with van der Waals surface area (Å²) in [5.74, 6) is 0.501. The Hall–Kier alpha value is -2.18. The molecule has 0 aliphatic rings. The van der Waals surface area contributed by atoms with Gasteiger partial charge < -0.3 is 10.0 Å². The summed E-state index contributed by atoms with van der Waals surface area (Å²) in [6.45, 7) is 2.20. The fraction of sp³-hybridized carbons (Fsp3) is 0.400. The molecule has 0 bridgehead atoms. The van der Waals surface area contributed by atoms with Crippen molar-refractivity contribution in [3.05, 3.63) is 18.0 Å². The number of hydrogen-bond donors (Lipinski definition) is 1. The Kier molecular flexibility index (Phi) is 2.90. The molecular formula is C10H13N5O2. The van der Waals surface area contributed by atoms with Crippen LogP contribution in [0.25, 0.3) is 5.65 Å². The maximum absolute atomic E-state index is 10.5. The van der Waals surface area contributed by atoms with Gasteiger partial charge in [0, 0.05) is 13.6 Å². The zero-order valence-electron chi connectivity index (χ0n) is 9.66. The summed E-state index contributed by atoms with van der Waals surface area (Å²) < 4.78 is 1.45. The molecule has 0 aliphatic heterocycles. The van der Waals surface area contributed by atoms with Crippen LogP contribution in [0.15, 0.2) is 12.1 Å².